The Labute approximate surface area is 162 Å². The van der Waals surface area contributed by atoms with Crippen molar-refractivity contribution in [3.63, 3.8) is 0 Å². The van der Waals surface area contributed by atoms with Crippen LogP contribution in [0.3, 0.4) is 0 Å². The van der Waals surface area contributed by atoms with Crippen molar-refractivity contribution >= 4 is 33.2 Å². The minimum absolute atomic E-state index is 0.147. The number of nitrogens with zero attached hydrogens (tertiary/aromatic N) is 2. The molecule has 0 bridgehead atoms. The molecule has 146 valence electrons. The fourth-order valence-electron chi connectivity index (χ4n) is 2.80. The van der Waals surface area contributed by atoms with E-state index in [0.717, 1.165) is 17.4 Å². The molecular weight excluding hydrogens is 382 g/mol. The van der Waals surface area contributed by atoms with E-state index in [1.165, 1.54) is 29.2 Å². The molecule has 1 aliphatic rings. The molecule has 2 aromatic rings. The summed E-state index contributed by atoms with van der Waals surface area (Å²) < 4.78 is 22.9. The molecule has 1 aromatic carbocycles. The van der Waals surface area contributed by atoms with Crippen molar-refractivity contribution in [3.05, 3.63) is 59.8 Å². The molecule has 1 aliphatic heterocycles. The Morgan fingerprint density at radius 2 is 1.86 bits per heavy atom. The van der Waals surface area contributed by atoms with Crippen LogP contribution in [0.1, 0.15) is 22.3 Å². The van der Waals surface area contributed by atoms with Crippen LogP contribution in [0.4, 0.5) is 10.6 Å². The first-order valence-corrected chi connectivity index (χ1v) is 10.4. The maximum Gasteiger partial charge on any atom is 0.407 e. The lowest BCUT2D eigenvalue weighted by Crippen LogP contribution is -2.33. The molecule has 0 radical (unpaired) electrons. The number of hydrogen-bond acceptors (Lipinski definition) is 5. The molecule has 0 spiro atoms. The third-order valence-electron chi connectivity index (χ3n) is 4.40. The summed E-state index contributed by atoms with van der Waals surface area (Å²) in [6.07, 6.45) is 4.26. The molecule has 0 atom stereocenters. The topological polar surface area (TPSA) is 117 Å². The smallest absolute Gasteiger partial charge is 0.407 e. The SMILES string of the molecule is CS(=O)(=O)c1ccc(C(=O)Nc2ccc(C3=CCN(C(=O)O)CC3)cn2)cc1. The van der Waals surface area contributed by atoms with Crippen LogP contribution in [-0.4, -0.2) is 54.8 Å². The standard InChI is InChI=1S/C19H19N3O5S/c1-28(26,27)16-5-2-14(3-6-16)18(23)21-17-7-4-15(12-20-17)13-8-10-22(11-9-13)19(24)25/h2-8,12H,9-11H2,1H3,(H,24,25)(H,20,21,23). The summed E-state index contributed by atoms with van der Waals surface area (Å²) in [7, 11) is -3.31. The monoisotopic (exact) mass is 401 g/mol. The van der Waals surface area contributed by atoms with Gasteiger partial charge in [-0.15, -0.1) is 0 Å². The molecule has 3 rings (SSSR count). The fraction of sp³-hybridized carbons (Fsp3) is 0.211. The van der Waals surface area contributed by atoms with Crippen LogP contribution in [0.5, 0.6) is 0 Å². The van der Waals surface area contributed by atoms with E-state index in [1.807, 2.05) is 12.1 Å². The third kappa shape index (κ3) is 4.55. The predicted molar refractivity (Wildman–Crippen MR) is 104 cm³/mol. The molecular formula is C19H19N3O5S. The van der Waals surface area contributed by atoms with E-state index in [2.05, 4.69) is 10.3 Å². The summed E-state index contributed by atoms with van der Waals surface area (Å²) in [6.45, 7) is 0.774. The van der Waals surface area contributed by atoms with Crippen molar-refractivity contribution in [2.45, 2.75) is 11.3 Å². The average molecular weight is 401 g/mol. The highest BCUT2D eigenvalue weighted by atomic mass is 32.2. The van der Waals surface area contributed by atoms with E-state index in [4.69, 9.17) is 5.11 Å². The van der Waals surface area contributed by atoms with Gasteiger partial charge in [-0.1, -0.05) is 6.08 Å². The van der Waals surface area contributed by atoms with Crippen molar-refractivity contribution in [1.82, 2.24) is 9.88 Å². The Morgan fingerprint density at radius 3 is 2.36 bits per heavy atom. The number of pyridine rings is 1. The number of benzene rings is 1. The molecule has 2 heterocycles. The van der Waals surface area contributed by atoms with Gasteiger partial charge < -0.3 is 15.3 Å². The van der Waals surface area contributed by atoms with E-state index >= 15 is 0 Å². The summed E-state index contributed by atoms with van der Waals surface area (Å²) in [5.41, 5.74) is 2.21. The zero-order valence-corrected chi connectivity index (χ0v) is 15.9. The summed E-state index contributed by atoms with van der Waals surface area (Å²) in [5, 5.41) is 11.6. The molecule has 0 saturated heterocycles. The highest BCUT2D eigenvalue weighted by Gasteiger charge is 2.17. The van der Waals surface area contributed by atoms with Gasteiger partial charge in [0.15, 0.2) is 9.84 Å². The van der Waals surface area contributed by atoms with Gasteiger partial charge >= 0.3 is 6.09 Å². The lowest BCUT2D eigenvalue weighted by atomic mass is 10.0. The summed E-state index contributed by atoms with van der Waals surface area (Å²) >= 11 is 0. The lowest BCUT2D eigenvalue weighted by Gasteiger charge is -2.23. The van der Waals surface area contributed by atoms with Crippen molar-refractivity contribution < 1.29 is 23.1 Å². The zero-order valence-electron chi connectivity index (χ0n) is 15.1. The van der Waals surface area contributed by atoms with Crippen LogP contribution < -0.4 is 5.32 Å². The third-order valence-corrected chi connectivity index (χ3v) is 5.53. The molecule has 28 heavy (non-hydrogen) atoms. The lowest BCUT2D eigenvalue weighted by molar-refractivity contribution is 0.102. The van der Waals surface area contributed by atoms with Gasteiger partial charge in [0, 0.05) is 31.1 Å². The second-order valence-corrected chi connectivity index (χ2v) is 8.41. The first-order valence-electron chi connectivity index (χ1n) is 8.49. The van der Waals surface area contributed by atoms with Crippen molar-refractivity contribution in [2.24, 2.45) is 0 Å². The quantitative estimate of drug-likeness (QED) is 0.813. The number of anilines is 1. The van der Waals surface area contributed by atoms with Gasteiger partial charge in [0.05, 0.1) is 4.90 Å². The summed E-state index contributed by atoms with van der Waals surface area (Å²) in [5.74, 6) is -0.0289. The van der Waals surface area contributed by atoms with E-state index in [9.17, 15) is 18.0 Å². The molecule has 1 aromatic heterocycles. The molecule has 0 saturated carbocycles. The first kappa shape index (κ1) is 19.6. The Hall–Kier alpha value is -3.20. The van der Waals surface area contributed by atoms with Crippen molar-refractivity contribution in [1.29, 1.82) is 0 Å². The highest BCUT2D eigenvalue weighted by molar-refractivity contribution is 7.90. The average Bonchev–Trinajstić information content (AvgIpc) is 2.68. The number of rotatable bonds is 4. The largest absolute Gasteiger partial charge is 0.465 e. The Balaban J connectivity index is 1.66. The van der Waals surface area contributed by atoms with Gasteiger partial charge in [-0.2, -0.15) is 0 Å². The van der Waals surface area contributed by atoms with Crippen molar-refractivity contribution in [2.75, 3.05) is 24.7 Å². The fourth-order valence-corrected chi connectivity index (χ4v) is 3.44. The van der Waals surface area contributed by atoms with E-state index in [1.54, 1.807) is 12.3 Å². The van der Waals surface area contributed by atoms with E-state index < -0.39 is 21.8 Å². The van der Waals surface area contributed by atoms with Crippen LogP contribution in [0.25, 0.3) is 5.57 Å². The van der Waals surface area contributed by atoms with Crippen LogP contribution in [0.2, 0.25) is 0 Å². The second kappa shape index (κ2) is 7.81. The molecule has 0 unspecified atom stereocenters. The predicted octanol–water partition coefficient (Wildman–Crippen LogP) is 2.50. The van der Waals surface area contributed by atoms with Crippen LogP contribution in [-0.2, 0) is 9.84 Å². The van der Waals surface area contributed by atoms with Gasteiger partial charge in [-0.05, 0) is 54.0 Å². The zero-order chi connectivity index (χ0) is 20.3. The highest BCUT2D eigenvalue weighted by Crippen LogP contribution is 2.22. The number of amides is 2. The number of carbonyl (C=O) groups is 2. The minimum Gasteiger partial charge on any atom is -0.465 e. The van der Waals surface area contributed by atoms with Crippen LogP contribution in [0, 0.1) is 0 Å². The first-order chi connectivity index (χ1) is 13.2. The maximum atomic E-state index is 12.3. The molecule has 2 N–H and O–H groups in total. The Bertz CT molecular complexity index is 1030. The van der Waals surface area contributed by atoms with Gasteiger partial charge in [-0.25, -0.2) is 18.2 Å². The molecule has 0 aliphatic carbocycles. The summed E-state index contributed by atoms with van der Waals surface area (Å²) in [4.78, 5) is 28.9. The van der Waals surface area contributed by atoms with Crippen LogP contribution in [0.15, 0.2) is 53.6 Å². The number of aromatic nitrogens is 1. The Kier molecular flexibility index (Phi) is 5.46. The van der Waals surface area contributed by atoms with Crippen molar-refractivity contribution in [3.8, 4) is 0 Å². The van der Waals surface area contributed by atoms with Crippen LogP contribution >= 0.6 is 0 Å². The number of carbonyl (C=O) groups excluding carboxylic acids is 1. The van der Waals surface area contributed by atoms with Gasteiger partial charge in [0.25, 0.3) is 5.91 Å². The number of nitrogens with one attached hydrogen (secondary N) is 1. The number of sulfone groups is 1. The Morgan fingerprint density at radius 1 is 1.14 bits per heavy atom. The van der Waals surface area contributed by atoms with Gasteiger partial charge in [-0.3, -0.25) is 4.79 Å². The van der Waals surface area contributed by atoms with Gasteiger partial charge in [0.2, 0.25) is 0 Å². The normalized spacial score (nSPS) is 14.3. The van der Waals surface area contributed by atoms with E-state index in [0.29, 0.717) is 30.9 Å². The van der Waals surface area contributed by atoms with Gasteiger partial charge in [0.1, 0.15) is 5.82 Å². The summed E-state index contributed by atoms with van der Waals surface area (Å²) in [6, 6.07) is 9.15. The molecule has 8 nitrogen and oxygen atoms in total. The molecule has 0 fully saturated rings. The maximum absolute atomic E-state index is 12.3. The molecule has 9 heteroatoms. The number of hydrogen-bond donors (Lipinski definition) is 2. The second-order valence-electron chi connectivity index (χ2n) is 6.39. The number of carboxylic acid groups (broad SMARTS) is 1. The van der Waals surface area contributed by atoms with E-state index in [-0.39, 0.29) is 4.90 Å². The molecule has 2 amide bonds. The minimum atomic E-state index is -3.31.